The smallest absolute Gasteiger partial charge is 0.478 e. The Morgan fingerprint density at radius 3 is 2.33 bits per heavy atom. The molecular weight excluding hydrogens is 235 g/mol. The summed E-state index contributed by atoms with van der Waals surface area (Å²) in [7, 11) is 0. The van der Waals surface area contributed by atoms with E-state index in [0.29, 0.717) is 0 Å². The highest BCUT2D eigenvalue weighted by Crippen LogP contribution is 2.29. The molecule has 0 amide bonds. The number of ether oxygens (including phenoxy) is 2. The molecule has 2 N–H and O–H groups in total. The third-order valence-electron chi connectivity index (χ3n) is 1.33. The molecule has 84 valence electrons. The first kappa shape index (κ1) is 11.9. The van der Waals surface area contributed by atoms with Gasteiger partial charge >= 0.3 is 6.36 Å². The van der Waals surface area contributed by atoms with Crippen LogP contribution in [0.3, 0.4) is 0 Å². The molecule has 0 spiro atoms. The Hall–Kier alpha value is -1.14. The van der Waals surface area contributed by atoms with E-state index in [1.54, 1.807) is 0 Å². The molecule has 7 heteroatoms. The van der Waals surface area contributed by atoms with Crippen molar-refractivity contribution >= 4 is 11.6 Å². The molecule has 0 saturated heterocycles. The van der Waals surface area contributed by atoms with Gasteiger partial charge in [-0.15, -0.1) is 13.2 Å². The van der Waals surface area contributed by atoms with Gasteiger partial charge in [0.2, 0.25) is 0 Å². The molecule has 15 heavy (non-hydrogen) atoms. The van der Waals surface area contributed by atoms with Gasteiger partial charge in [-0.2, -0.15) is 0 Å². The summed E-state index contributed by atoms with van der Waals surface area (Å²) in [6.07, 6.45) is -4.76. The van der Waals surface area contributed by atoms with Crippen LogP contribution in [0, 0.1) is 0 Å². The monoisotopic (exact) mass is 241 g/mol. The Bertz CT molecular complexity index is 343. The Kier molecular flexibility index (Phi) is 3.65. The predicted molar refractivity (Wildman–Crippen MR) is 47.8 cm³/mol. The standard InChI is InChI=1S/C8H7ClF3NO2/c9-5-1-6(14-4-13)3-7(2-5)15-8(10,11)12/h1-3H,4,13H2. The van der Waals surface area contributed by atoms with Crippen molar-refractivity contribution in [3.05, 3.63) is 23.2 Å². The number of halogens is 4. The first-order valence-corrected chi connectivity index (χ1v) is 4.18. The van der Waals surface area contributed by atoms with E-state index in [1.807, 2.05) is 0 Å². The minimum Gasteiger partial charge on any atom is -0.478 e. The SMILES string of the molecule is NCOc1cc(Cl)cc(OC(F)(F)F)c1. The molecule has 1 aromatic rings. The van der Waals surface area contributed by atoms with E-state index in [0.717, 1.165) is 12.1 Å². The summed E-state index contributed by atoms with van der Waals surface area (Å²) in [5.74, 6) is -0.331. The molecule has 3 nitrogen and oxygen atoms in total. The van der Waals surface area contributed by atoms with Gasteiger partial charge in [-0.05, 0) is 12.1 Å². The van der Waals surface area contributed by atoms with Crippen molar-refractivity contribution in [2.75, 3.05) is 6.73 Å². The fourth-order valence-corrected chi connectivity index (χ4v) is 1.12. The normalized spacial score (nSPS) is 11.3. The van der Waals surface area contributed by atoms with Gasteiger partial charge in [0.05, 0.1) is 0 Å². The number of hydrogen-bond donors (Lipinski definition) is 1. The Morgan fingerprint density at radius 1 is 1.20 bits per heavy atom. The summed E-state index contributed by atoms with van der Waals surface area (Å²) in [6.45, 7) is -0.161. The number of rotatable bonds is 3. The topological polar surface area (TPSA) is 44.5 Å². The molecule has 1 aromatic carbocycles. The second-order valence-corrected chi connectivity index (χ2v) is 2.92. The van der Waals surface area contributed by atoms with Crippen molar-refractivity contribution in [1.82, 2.24) is 0 Å². The molecule has 1 rings (SSSR count). The van der Waals surface area contributed by atoms with Crippen LogP contribution in [0.1, 0.15) is 0 Å². The van der Waals surface area contributed by atoms with Crippen LogP contribution in [-0.4, -0.2) is 13.1 Å². The van der Waals surface area contributed by atoms with Crippen molar-refractivity contribution in [3.63, 3.8) is 0 Å². The molecule has 0 radical (unpaired) electrons. The number of benzene rings is 1. The van der Waals surface area contributed by atoms with Crippen LogP contribution in [0.2, 0.25) is 5.02 Å². The van der Waals surface area contributed by atoms with Crippen molar-refractivity contribution < 1.29 is 22.6 Å². The molecule has 0 fully saturated rings. The highest BCUT2D eigenvalue weighted by Gasteiger charge is 2.31. The Labute approximate surface area is 88.5 Å². The third kappa shape index (κ3) is 4.26. The predicted octanol–water partition coefficient (Wildman–Crippen LogP) is 2.53. The number of hydrogen-bond acceptors (Lipinski definition) is 3. The minimum absolute atomic E-state index is 0.0696. The van der Waals surface area contributed by atoms with E-state index in [2.05, 4.69) is 4.74 Å². The highest BCUT2D eigenvalue weighted by molar-refractivity contribution is 6.30. The molecule has 0 heterocycles. The number of alkyl halides is 3. The van der Waals surface area contributed by atoms with Crippen LogP contribution in [-0.2, 0) is 0 Å². The zero-order chi connectivity index (χ0) is 11.5. The first-order chi connectivity index (χ1) is 6.90. The first-order valence-electron chi connectivity index (χ1n) is 3.80. The summed E-state index contributed by atoms with van der Waals surface area (Å²) in [5, 5.41) is 0.0696. The maximum absolute atomic E-state index is 11.9. The second-order valence-electron chi connectivity index (χ2n) is 2.48. The van der Waals surface area contributed by atoms with E-state index in [-0.39, 0.29) is 17.5 Å². The van der Waals surface area contributed by atoms with E-state index in [1.165, 1.54) is 6.07 Å². The summed E-state index contributed by atoms with van der Waals surface area (Å²) in [4.78, 5) is 0. The van der Waals surface area contributed by atoms with Crippen LogP contribution in [0.25, 0.3) is 0 Å². The van der Waals surface area contributed by atoms with E-state index in [9.17, 15) is 13.2 Å². The summed E-state index contributed by atoms with van der Waals surface area (Å²) in [6, 6.07) is 3.41. The van der Waals surface area contributed by atoms with E-state index >= 15 is 0 Å². The lowest BCUT2D eigenvalue weighted by molar-refractivity contribution is -0.274. The van der Waals surface area contributed by atoms with Crippen molar-refractivity contribution in [3.8, 4) is 11.5 Å². The van der Waals surface area contributed by atoms with Crippen molar-refractivity contribution in [2.24, 2.45) is 5.73 Å². The summed E-state index contributed by atoms with van der Waals surface area (Å²) < 4.78 is 44.0. The maximum Gasteiger partial charge on any atom is 0.573 e. The molecule has 0 bridgehead atoms. The van der Waals surface area contributed by atoms with Crippen LogP contribution >= 0.6 is 11.6 Å². The van der Waals surface area contributed by atoms with Crippen LogP contribution in [0.15, 0.2) is 18.2 Å². The third-order valence-corrected chi connectivity index (χ3v) is 1.55. The van der Waals surface area contributed by atoms with Crippen LogP contribution in [0.5, 0.6) is 11.5 Å². The van der Waals surface area contributed by atoms with Gasteiger partial charge in [0.15, 0.2) is 0 Å². The second kappa shape index (κ2) is 4.59. The average molecular weight is 242 g/mol. The Morgan fingerprint density at radius 2 is 1.80 bits per heavy atom. The average Bonchev–Trinajstić information content (AvgIpc) is 1.99. The van der Waals surface area contributed by atoms with Crippen LogP contribution in [0.4, 0.5) is 13.2 Å². The van der Waals surface area contributed by atoms with Gasteiger partial charge in [-0.3, -0.25) is 5.73 Å². The summed E-state index contributed by atoms with van der Waals surface area (Å²) in [5.41, 5.74) is 5.06. The lowest BCUT2D eigenvalue weighted by Crippen LogP contribution is -2.17. The lowest BCUT2D eigenvalue weighted by atomic mass is 10.3. The molecule has 0 unspecified atom stereocenters. The molecular formula is C8H7ClF3NO2. The molecule has 0 aliphatic carbocycles. The van der Waals surface area contributed by atoms with Gasteiger partial charge in [0.25, 0.3) is 0 Å². The quantitative estimate of drug-likeness (QED) is 0.827. The molecule has 0 aliphatic heterocycles. The van der Waals surface area contributed by atoms with E-state index < -0.39 is 12.1 Å². The summed E-state index contributed by atoms with van der Waals surface area (Å²) >= 11 is 5.55. The van der Waals surface area contributed by atoms with Gasteiger partial charge in [-0.1, -0.05) is 11.6 Å². The van der Waals surface area contributed by atoms with E-state index in [4.69, 9.17) is 22.1 Å². The fourth-order valence-electron chi connectivity index (χ4n) is 0.909. The van der Waals surface area contributed by atoms with Gasteiger partial charge in [0.1, 0.15) is 18.2 Å². The lowest BCUT2D eigenvalue weighted by Gasteiger charge is -2.10. The molecule has 0 aliphatic rings. The molecule has 0 aromatic heterocycles. The van der Waals surface area contributed by atoms with Crippen molar-refractivity contribution in [2.45, 2.75) is 6.36 Å². The zero-order valence-corrected chi connectivity index (χ0v) is 8.10. The Balaban J connectivity index is 2.88. The van der Waals surface area contributed by atoms with Crippen LogP contribution < -0.4 is 15.2 Å². The largest absolute Gasteiger partial charge is 0.573 e. The molecule has 0 saturated carbocycles. The molecule has 0 atom stereocenters. The van der Waals surface area contributed by atoms with Gasteiger partial charge < -0.3 is 9.47 Å². The maximum atomic E-state index is 11.9. The van der Waals surface area contributed by atoms with Crippen molar-refractivity contribution in [1.29, 1.82) is 0 Å². The minimum atomic E-state index is -4.76. The van der Waals surface area contributed by atoms with Gasteiger partial charge in [0, 0.05) is 11.1 Å². The highest BCUT2D eigenvalue weighted by atomic mass is 35.5. The number of nitrogens with two attached hydrogens (primary N) is 1. The van der Waals surface area contributed by atoms with Gasteiger partial charge in [-0.25, -0.2) is 0 Å². The zero-order valence-electron chi connectivity index (χ0n) is 7.34. The fraction of sp³-hybridized carbons (Fsp3) is 0.250.